The Morgan fingerprint density at radius 1 is 0.833 bits per heavy atom. The summed E-state index contributed by atoms with van der Waals surface area (Å²) in [7, 11) is 0. The Kier molecular flexibility index (Phi) is 6.36. The van der Waals surface area contributed by atoms with Crippen molar-refractivity contribution in [3.8, 4) is 0 Å². The summed E-state index contributed by atoms with van der Waals surface area (Å²) in [5.74, 6) is -0.468. The number of amides is 2. The zero-order valence-corrected chi connectivity index (χ0v) is 18.0. The van der Waals surface area contributed by atoms with Gasteiger partial charge in [-0.1, -0.05) is 74.9 Å². The summed E-state index contributed by atoms with van der Waals surface area (Å²) in [5.41, 5.74) is 4.84. The number of rotatable bonds is 5. The number of nitrogens with one attached hydrogen (secondary N) is 2. The van der Waals surface area contributed by atoms with Crippen LogP contribution in [-0.2, 0) is 12.0 Å². The van der Waals surface area contributed by atoms with Crippen molar-refractivity contribution >= 4 is 17.5 Å². The van der Waals surface area contributed by atoms with Gasteiger partial charge < -0.3 is 10.6 Å². The highest BCUT2D eigenvalue weighted by molar-refractivity contribution is 6.09. The number of hydrogen-bond acceptors (Lipinski definition) is 2. The zero-order valence-electron chi connectivity index (χ0n) is 18.0. The van der Waals surface area contributed by atoms with Crippen molar-refractivity contribution in [3.05, 3.63) is 101 Å². The molecule has 154 valence electrons. The molecular weight excluding hydrogens is 372 g/mol. The molecular formula is C26H28N2O2. The van der Waals surface area contributed by atoms with E-state index < -0.39 is 0 Å². The Balaban J connectivity index is 1.71. The third-order valence-electron chi connectivity index (χ3n) is 4.97. The molecule has 0 aliphatic rings. The monoisotopic (exact) mass is 400 g/mol. The maximum Gasteiger partial charge on any atom is 0.255 e. The summed E-state index contributed by atoms with van der Waals surface area (Å²) in [6.07, 6.45) is 0. The van der Waals surface area contributed by atoms with Crippen molar-refractivity contribution in [2.24, 2.45) is 0 Å². The van der Waals surface area contributed by atoms with E-state index in [0.717, 1.165) is 16.7 Å². The molecule has 0 aromatic heterocycles. The van der Waals surface area contributed by atoms with Gasteiger partial charge in [0, 0.05) is 12.1 Å². The van der Waals surface area contributed by atoms with Crippen LogP contribution in [0.2, 0.25) is 0 Å². The summed E-state index contributed by atoms with van der Waals surface area (Å²) in [5, 5.41) is 5.80. The first kappa shape index (κ1) is 21.3. The van der Waals surface area contributed by atoms with E-state index in [9.17, 15) is 9.59 Å². The SMILES string of the molecule is Cc1cccc(CNC(=O)c2ccccc2NC(=O)c2ccc(C(C)(C)C)cc2)c1. The van der Waals surface area contributed by atoms with Gasteiger partial charge in [-0.15, -0.1) is 0 Å². The highest BCUT2D eigenvalue weighted by Gasteiger charge is 2.16. The first-order chi connectivity index (χ1) is 14.2. The van der Waals surface area contributed by atoms with E-state index in [2.05, 4.69) is 31.4 Å². The van der Waals surface area contributed by atoms with Crippen molar-refractivity contribution in [2.45, 2.75) is 39.7 Å². The second-order valence-corrected chi connectivity index (χ2v) is 8.50. The van der Waals surface area contributed by atoms with E-state index in [1.165, 1.54) is 0 Å². The van der Waals surface area contributed by atoms with Gasteiger partial charge in [0.25, 0.3) is 11.8 Å². The van der Waals surface area contributed by atoms with Crippen LogP contribution in [0.5, 0.6) is 0 Å². The fraction of sp³-hybridized carbons (Fsp3) is 0.231. The summed E-state index contributed by atoms with van der Waals surface area (Å²) in [4.78, 5) is 25.5. The van der Waals surface area contributed by atoms with Crippen molar-refractivity contribution in [1.29, 1.82) is 0 Å². The van der Waals surface area contributed by atoms with Gasteiger partial charge in [0.15, 0.2) is 0 Å². The molecule has 0 radical (unpaired) electrons. The van der Waals surface area contributed by atoms with Gasteiger partial charge in [0.2, 0.25) is 0 Å². The molecule has 0 fully saturated rings. The summed E-state index contributed by atoms with van der Waals surface area (Å²) >= 11 is 0. The molecule has 0 heterocycles. The molecule has 4 heteroatoms. The van der Waals surface area contributed by atoms with Gasteiger partial charge in [0.05, 0.1) is 11.3 Å². The van der Waals surface area contributed by atoms with Crippen LogP contribution in [0.1, 0.15) is 58.2 Å². The molecule has 0 aliphatic heterocycles. The van der Waals surface area contributed by atoms with Gasteiger partial charge in [-0.3, -0.25) is 9.59 Å². The maximum absolute atomic E-state index is 12.7. The Hall–Kier alpha value is -3.40. The molecule has 30 heavy (non-hydrogen) atoms. The molecule has 0 unspecified atom stereocenters. The lowest BCUT2D eigenvalue weighted by Gasteiger charge is -2.19. The summed E-state index contributed by atoms with van der Waals surface area (Å²) in [6.45, 7) is 8.84. The number of anilines is 1. The van der Waals surface area contributed by atoms with Gasteiger partial charge in [0.1, 0.15) is 0 Å². The molecule has 0 saturated carbocycles. The van der Waals surface area contributed by atoms with E-state index in [1.54, 1.807) is 24.3 Å². The van der Waals surface area contributed by atoms with E-state index >= 15 is 0 Å². The first-order valence-electron chi connectivity index (χ1n) is 10.1. The fourth-order valence-electron chi connectivity index (χ4n) is 3.21. The van der Waals surface area contributed by atoms with E-state index in [0.29, 0.717) is 23.4 Å². The molecule has 0 saturated heterocycles. The third-order valence-corrected chi connectivity index (χ3v) is 4.97. The van der Waals surface area contributed by atoms with Gasteiger partial charge >= 0.3 is 0 Å². The molecule has 2 N–H and O–H groups in total. The predicted molar refractivity (Wildman–Crippen MR) is 122 cm³/mol. The average Bonchev–Trinajstić information content (AvgIpc) is 2.72. The van der Waals surface area contributed by atoms with E-state index in [4.69, 9.17) is 0 Å². The minimum Gasteiger partial charge on any atom is -0.348 e. The van der Waals surface area contributed by atoms with E-state index in [1.807, 2.05) is 55.5 Å². The molecule has 2 amide bonds. The smallest absolute Gasteiger partial charge is 0.255 e. The van der Waals surface area contributed by atoms with Gasteiger partial charge in [-0.2, -0.15) is 0 Å². The standard InChI is InChI=1S/C26H28N2O2/c1-18-8-7-9-19(16-18)17-27-25(30)22-10-5-6-11-23(22)28-24(29)20-12-14-21(15-13-20)26(2,3)4/h5-16H,17H2,1-4H3,(H,27,30)(H,28,29). The maximum atomic E-state index is 12.7. The van der Waals surface area contributed by atoms with Crippen LogP contribution in [-0.4, -0.2) is 11.8 Å². The molecule has 0 spiro atoms. The first-order valence-corrected chi connectivity index (χ1v) is 10.1. The number of aryl methyl sites for hydroxylation is 1. The molecule has 3 rings (SSSR count). The van der Waals surface area contributed by atoms with Crippen molar-refractivity contribution in [2.75, 3.05) is 5.32 Å². The highest BCUT2D eigenvalue weighted by Crippen LogP contribution is 2.23. The predicted octanol–water partition coefficient (Wildman–Crippen LogP) is 5.47. The Morgan fingerprint density at radius 3 is 2.20 bits per heavy atom. The quantitative estimate of drug-likeness (QED) is 0.596. The van der Waals surface area contributed by atoms with Crippen LogP contribution in [0.4, 0.5) is 5.69 Å². The van der Waals surface area contributed by atoms with Crippen LogP contribution in [0.15, 0.2) is 72.8 Å². The molecule has 3 aromatic carbocycles. The van der Waals surface area contributed by atoms with Crippen molar-refractivity contribution < 1.29 is 9.59 Å². The number of hydrogen-bond donors (Lipinski definition) is 2. The van der Waals surface area contributed by atoms with Crippen molar-refractivity contribution in [1.82, 2.24) is 5.32 Å². The number of carbonyl (C=O) groups excluding carboxylic acids is 2. The number of carbonyl (C=O) groups is 2. The number of para-hydroxylation sites is 1. The normalized spacial score (nSPS) is 11.1. The minimum atomic E-state index is -0.241. The van der Waals surface area contributed by atoms with Gasteiger partial charge in [-0.25, -0.2) is 0 Å². The summed E-state index contributed by atoms with van der Waals surface area (Å²) < 4.78 is 0. The zero-order chi connectivity index (χ0) is 21.7. The topological polar surface area (TPSA) is 58.2 Å². The summed E-state index contributed by atoms with van der Waals surface area (Å²) in [6, 6.07) is 22.6. The third kappa shape index (κ3) is 5.35. The number of benzene rings is 3. The van der Waals surface area contributed by atoms with Gasteiger partial charge in [-0.05, 0) is 47.7 Å². The second kappa shape index (κ2) is 8.95. The van der Waals surface area contributed by atoms with Crippen LogP contribution in [0.3, 0.4) is 0 Å². The molecule has 0 bridgehead atoms. The van der Waals surface area contributed by atoms with Crippen LogP contribution >= 0.6 is 0 Å². The molecule has 0 aliphatic carbocycles. The van der Waals surface area contributed by atoms with Crippen molar-refractivity contribution in [3.63, 3.8) is 0 Å². The minimum absolute atomic E-state index is 0.0248. The average molecular weight is 401 g/mol. The lowest BCUT2D eigenvalue weighted by atomic mass is 9.86. The van der Waals surface area contributed by atoms with Crippen LogP contribution < -0.4 is 10.6 Å². The molecule has 0 atom stereocenters. The highest BCUT2D eigenvalue weighted by atomic mass is 16.2. The molecule has 3 aromatic rings. The second-order valence-electron chi connectivity index (χ2n) is 8.50. The fourth-order valence-corrected chi connectivity index (χ4v) is 3.21. The lowest BCUT2D eigenvalue weighted by Crippen LogP contribution is -2.25. The molecule has 4 nitrogen and oxygen atoms in total. The Labute approximate surface area is 178 Å². The lowest BCUT2D eigenvalue weighted by molar-refractivity contribution is 0.0951. The Bertz CT molecular complexity index is 1050. The largest absolute Gasteiger partial charge is 0.348 e. The van der Waals surface area contributed by atoms with Crippen LogP contribution in [0.25, 0.3) is 0 Å². The van der Waals surface area contributed by atoms with E-state index in [-0.39, 0.29) is 17.2 Å². The van der Waals surface area contributed by atoms with Crippen LogP contribution in [0, 0.1) is 6.92 Å². The Morgan fingerprint density at radius 2 is 1.53 bits per heavy atom.